The van der Waals surface area contributed by atoms with Crippen LogP contribution in [0.4, 0.5) is 0 Å². The summed E-state index contributed by atoms with van der Waals surface area (Å²) in [6, 6.07) is 54.0. The zero-order chi connectivity index (χ0) is 34.8. The Morgan fingerprint density at radius 1 is 0.462 bits per heavy atom. The zero-order valence-corrected chi connectivity index (χ0v) is 28.7. The third-order valence-electron chi connectivity index (χ3n) is 10.3. The van der Waals surface area contributed by atoms with E-state index in [0.717, 1.165) is 83.9 Å². The van der Waals surface area contributed by atoms with E-state index in [0.29, 0.717) is 5.82 Å². The van der Waals surface area contributed by atoms with Crippen molar-refractivity contribution in [2.24, 2.45) is 0 Å². The molecule has 0 radical (unpaired) electrons. The van der Waals surface area contributed by atoms with Crippen molar-refractivity contribution in [1.82, 2.24) is 19.9 Å². The fraction of sp³-hybridized carbons (Fsp3) is 0.0638. The first kappa shape index (κ1) is 30.1. The topological polar surface area (TPSA) is 64.7 Å². The van der Waals surface area contributed by atoms with Crippen LogP contribution in [0.5, 0.6) is 0 Å². The van der Waals surface area contributed by atoms with Gasteiger partial charge in [-0.1, -0.05) is 141 Å². The molecule has 52 heavy (non-hydrogen) atoms. The van der Waals surface area contributed by atoms with Crippen molar-refractivity contribution in [2.45, 2.75) is 19.3 Å². The van der Waals surface area contributed by atoms with E-state index in [9.17, 15) is 0 Å². The molecule has 10 rings (SSSR count). The highest BCUT2D eigenvalue weighted by Gasteiger charge is 2.39. The largest absolute Gasteiger partial charge is 0.456 e. The van der Waals surface area contributed by atoms with Crippen LogP contribution in [0.2, 0.25) is 0 Å². The van der Waals surface area contributed by atoms with Gasteiger partial charge in [0.1, 0.15) is 11.2 Å². The summed E-state index contributed by atoms with van der Waals surface area (Å²) < 4.78 is 6.53. The molecular weight excluding hydrogens is 637 g/mol. The lowest BCUT2D eigenvalue weighted by Gasteiger charge is -2.21. The highest BCUT2D eigenvalue weighted by molar-refractivity contribution is 6.13. The maximum atomic E-state index is 6.53. The average molecular weight is 669 g/mol. The first-order chi connectivity index (χ1) is 25.5. The predicted octanol–water partition coefficient (Wildman–Crippen LogP) is 11.8. The van der Waals surface area contributed by atoms with Gasteiger partial charge in [0.15, 0.2) is 11.6 Å². The Labute approximate surface area is 301 Å². The molecule has 0 saturated heterocycles. The minimum Gasteiger partial charge on any atom is -0.456 e. The Morgan fingerprint density at radius 3 is 1.81 bits per heavy atom. The van der Waals surface area contributed by atoms with Crippen LogP contribution in [0, 0.1) is 0 Å². The monoisotopic (exact) mass is 668 g/mol. The number of aromatic nitrogens is 4. The lowest BCUT2D eigenvalue weighted by molar-refractivity contribution is 0.636. The number of fused-ring (bicyclic) bond motifs is 6. The second-order valence-electron chi connectivity index (χ2n) is 13.8. The molecule has 3 heterocycles. The predicted molar refractivity (Wildman–Crippen MR) is 210 cm³/mol. The van der Waals surface area contributed by atoms with Crippen LogP contribution in [0.15, 0.2) is 162 Å². The van der Waals surface area contributed by atoms with Crippen molar-refractivity contribution in [3.05, 3.63) is 169 Å². The molecule has 9 aromatic rings. The second kappa shape index (κ2) is 11.7. The molecule has 0 unspecified atom stereocenters. The van der Waals surface area contributed by atoms with Gasteiger partial charge in [0.05, 0.1) is 22.8 Å². The van der Waals surface area contributed by atoms with E-state index in [-0.39, 0.29) is 5.41 Å². The van der Waals surface area contributed by atoms with Gasteiger partial charge in [0, 0.05) is 49.6 Å². The van der Waals surface area contributed by atoms with Gasteiger partial charge >= 0.3 is 0 Å². The molecule has 0 aliphatic heterocycles. The fourth-order valence-corrected chi connectivity index (χ4v) is 7.71. The molecule has 5 nitrogen and oxygen atoms in total. The van der Waals surface area contributed by atoms with Crippen LogP contribution < -0.4 is 0 Å². The summed E-state index contributed by atoms with van der Waals surface area (Å²) in [6.45, 7) is 4.52. The van der Waals surface area contributed by atoms with E-state index >= 15 is 0 Å². The van der Waals surface area contributed by atoms with Crippen LogP contribution >= 0.6 is 0 Å². The summed E-state index contributed by atoms with van der Waals surface area (Å²) in [5, 5.41) is 2.01. The molecule has 0 fully saturated rings. The minimum atomic E-state index is -0.285. The lowest BCUT2D eigenvalue weighted by atomic mass is 9.85. The Balaban J connectivity index is 1.22. The number of nitrogens with zero attached hydrogens (tertiary/aromatic N) is 4. The third-order valence-corrected chi connectivity index (χ3v) is 10.3. The van der Waals surface area contributed by atoms with Crippen LogP contribution in [-0.4, -0.2) is 19.9 Å². The Hall–Kier alpha value is -6.72. The maximum Gasteiger partial charge on any atom is 0.160 e. The van der Waals surface area contributed by atoms with E-state index in [2.05, 4.69) is 105 Å². The Bertz CT molecular complexity index is 2750. The SMILES string of the molecule is CC1(C)c2ccccc2-c2c(-c3ccc4oc5cccc(-c6cc(-c7ccccc7)nc(-c7ccccc7)n6)c5c4c3)nc(-c3ccccc3)nc21. The third kappa shape index (κ3) is 4.78. The van der Waals surface area contributed by atoms with E-state index in [1.165, 1.54) is 11.1 Å². The van der Waals surface area contributed by atoms with Crippen LogP contribution in [-0.2, 0) is 5.41 Å². The number of furan rings is 1. The van der Waals surface area contributed by atoms with Crippen molar-refractivity contribution >= 4 is 21.9 Å². The number of benzene rings is 6. The van der Waals surface area contributed by atoms with Gasteiger partial charge in [0.2, 0.25) is 0 Å². The summed E-state index contributed by atoms with van der Waals surface area (Å²) in [6.07, 6.45) is 0. The van der Waals surface area contributed by atoms with Crippen LogP contribution in [0.3, 0.4) is 0 Å². The molecule has 0 bridgehead atoms. The highest BCUT2D eigenvalue weighted by atomic mass is 16.3. The molecular formula is C47H32N4O. The number of rotatable bonds is 5. The smallest absolute Gasteiger partial charge is 0.160 e. The molecule has 0 spiro atoms. The van der Waals surface area contributed by atoms with Crippen molar-refractivity contribution in [1.29, 1.82) is 0 Å². The summed E-state index contributed by atoms with van der Waals surface area (Å²) in [4.78, 5) is 20.8. The second-order valence-corrected chi connectivity index (χ2v) is 13.8. The summed E-state index contributed by atoms with van der Waals surface area (Å²) >= 11 is 0. The van der Waals surface area contributed by atoms with Gasteiger partial charge in [-0.05, 0) is 41.5 Å². The average Bonchev–Trinajstić information content (AvgIpc) is 3.70. The molecule has 246 valence electrons. The van der Waals surface area contributed by atoms with E-state index in [1.807, 2.05) is 66.7 Å². The molecule has 3 aromatic heterocycles. The van der Waals surface area contributed by atoms with Crippen molar-refractivity contribution in [3.8, 4) is 67.7 Å². The standard InChI is InChI=1S/C47H32N4O/c1-47(2)36-23-13-12-21-33(36)42-43(50-46(51-44(42)47)31-19-10-5-11-20-31)32-25-26-39-35(27-32)41-34(22-14-24-40(41)52-39)38-28-37(29-15-6-3-7-16-29)48-45(49-38)30-17-8-4-9-18-30/h3-28H,1-2H3. The summed E-state index contributed by atoms with van der Waals surface area (Å²) in [7, 11) is 0. The van der Waals surface area contributed by atoms with Gasteiger partial charge in [-0.3, -0.25) is 0 Å². The molecule has 1 aliphatic rings. The first-order valence-corrected chi connectivity index (χ1v) is 17.6. The highest BCUT2D eigenvalue weighted by Crippen LogP contribution is 2.51. The van der Waals surface area contributed by atoms with Crippen molar-refractivity contribution < 1.29 is 4.42 Å². The summed E-state index contributed by atoms with van der Waals surface area (Å²) in [5.74, 6) is 1.39. The van der Waals surface area contributed by atoms with E-state index < -0.39 is 0 Å². The normalized spacial score (nSPS) is 13.0. The molecule has 0 atom stereocenters. The molecule has 0 amide bonds. The number of hydrogen-bond donors (Lipinski definition) is 0. The van der Waals surface area contributed by atoms with Crippen LogP contribution in [0.1, 0.15) is 25.1 Å². The van der Waals surface area contributed by atoms with Gasteiger partial charge in [-0.25, -0.2) is 19.9 Å². The van der Waals surface area contributed by atoms with E-state index in [4.69, 9.17) is 24.4 Å². The summed E-state index contributed by atoms with van der Waals surface area (Å²) in [5.41, 5.74) is 13.5. The minimum absolute atomic E-state index is 0.285. The first-order valence-electron chi connectivity index (χ1n) is 17.6. The van der Waals surface area contributed by atoms with Gasteiger partial charge in [-0.15, -0.1) is 0 Å². The number of hydrogen-bond acceptors (Lipinski definition) is 5. The van der Waals surface area contributed by atoms with Crippen molar-refractivity contribution in [2.75, 3.05) is 0 Å². The van der Waals surface area contributed by atoms with Gasteiger partial charge < -0.3 is 4.42 Å². The molecule has 6 aromatic carbocycles. The fourth-order valence-electron chi connectivity index (χ4n) is 7.71. The maximum absolute atomic E-state index is 6.53. The van der Waals surface area contributed by atoms with Gasteiger partial charge in [0.25, 0.3) is 0 Å². The van der Waals surface area contributed by atoms with Crippen LogP contribution in [0.25, 0.3) is 89.6 Å². The van der Waals surface area contributed by atoms with Gasteiger partial charge in [-0.2, -0.15) is 0 Å². The molecule has 0 N–H and O–H groups in total. The molecule has 0 saturated carbocycles. The quantitative estimate of drug-likeness (QED) is 0.183. The molecule has 5 heteroatoms. The molecule has 1 aliphatic carbocycles. The Kier molecular flexibility index (Phi) is 6.77. The Morgan fingerprint density at radius 2 is 1.08 bits per heavy atom. The zero-order valence-electron chi connectivity index (χ0n) is 28.7. The van der Waals surface area contributed by atoms with E-state index in [1.54, 1.807) is 0 Å². The lowest BCUT2D eigenvalue weighted by Crippen LogP contribution is -2.17. The van der Waals surface area contributed by atoms with Crippen molar-refractivity contribution in [3.63, 3.8) is 0 Å².